The maximum Gasteiger partial charge on any atom is 0.260 e. The maximum absolute atomic E-state index is 12.3. The number of likely N-dealkylation sites (N-methyl/N-ethyl adjacent to an activating group) is 1. The molecule has 0 aliphatic carbocycles. The highest BCUT2D eigenvalue weighted by atomic mass is 16.5. The Labute approximate surface area is 131 Å². The van der Waals surface area contributed by atoms with Gasteiger partial charge in [0.2, 0.25) is 0 Å². The number of fused-ring (bicyclic) bond motifs is 1. The number of benzene rings is 1. The lowest BCUT2D eigenvalue weighted by molar-refractivity contribution is -0.883. The second kappa shape index (κ2) is 5.80. The van der Waals surface area contributed by atoms with Crippen LogP contribution in [0.15, 0.2) is 18.2 Å². The van der Waals surface area contributed by atoms with Gasteiger partial charge < -0.3 is 19.3 Å². The number of hydrogen-bond donors (Lipinski definition) is 1. The molecule has 2 aliphatic rings. The fourth-order valence-corrected chi connectivity index (χ4v) is 3.07. The van der Waals surface area contributed by atoms with E-state index in [1.807, 2.05) is 17.0 Å². The maximum atomic E-state index is 12.3. The molecule has 5 nitrogen and oxygen atoms in total. The Hall–Kier alpha value is -1.75. The van der Waals surface area contributed by atoms with E-state index >= 15 is 0 Å². The molecule has 3 rings (SSSR count). The molecule has 2 aliphatic heterocycles. The van der Waals surface area contributed by atoms with Gasteiger partial charge in [0.1, 0.15) is 5.60 Å². The van der Waals surface area contributed by atoms with Crippen LogP contribution in [0.1, 0.15) is 19.4 Å². The lowest BCUT2D eigenvalue weighted by Crippen LogP contribution is -3.12. The van der Waals surface area contributed by atoms with Gasteiger partial charge in [0.25, 0.3) is 5.91 Å². The first kappa shape index (κ1) is 15.2. The van der Waals surface area contributed by atoms with Crippen LogP contribution in [-0.4, -0.2) is 56.2 Å². The van der Waals surface area contributed by atoms with Crippen molar-refractivity contribution < 1.29 is 19.2 Å². The number of quaternary nitrogens is 1. The normalized spacial score (nSPS) is 20.4. The zero-order chi connectivity index (χ0) is 15.7. The summed E-state index contributed by atoms with van der Waals surface area (Å²) in [6.45, 7) is 7.84. The van der Waals surface area contributed by atoms with E-state index in [0.29, 0.717) is 5.75 Å². The van der Waals surface area contributed by atoms with Gasteiger partial charge in [0.05, 0.1) is 33.2 Å². The molecule has 0 spiro atoms. The summed E-state index contributed by atoms with van der Waals surface area (Å²) < 4.78 is 11.7. The summed E-state index contributed by atoms with van der Waals surface area (Å²) in [5.41, 5.74) is 0.949. The van der Waals surface area contributed by atoms with Crippen LogP contribution in [-0.2, 0) is 11.2 Å². The van der Waals surface area contributed by atoms with Crippen LogP contribution >= 0.6 is 0 Å². The first-order valence-corrected chi connectivity index (χ1v) is 7.97. The molecule has 0 saturated carbocycles. The summed E-state index contributed by atoms with van der Waals surface area (Å²) >= 11 is 0. The molecule has 1 N–H and O–H groups in total. The monoisotopic (exact) mass is 305 g/mol. The van der Waals surface area contributed by atoms with Crippen molar-refractivity contribution in [2.24, 2.45) is 0 Å². The SMILES string of the molecule is C[NH+]1CCN(C(=O)COc2cccc3c2OC(C)(C)C3)CC1. The average molecular weight is 305 g/mol. The van der Waals surface area contributed by atoms with E-state index in [9.17, 15) is 4.79 Å². The van der Waals surface area contributed by atoms with E-state index < -0.39 is 0 Å². The van der Waals surface area contributed by atoms with E-state index in [1.165, 1.54) is 4.90 Å². The number of carbonyl (C=O) groups excluding carboxylic acids is 1. The summed E-state index contributed by atoms with van der Waals surface area (Å²) in [5.74, 6) is 1.53. The summed E-state index contributed by atoms with van der Waals surface area (Å²) in [7, 11) is 2.16. The predicted molar refractivity (Wildman–Crippen MR) is 83.5 cm³/mol. The number of piperazine rings is 1. The Bertz CT molecular complexity index is 563. The van der Waals surface area contributed by atoms with Crippen LogP contribution in [0, 0.1) is 0 Å². The van der Waals surface area contributed by atoms with Crippen LogP contribution in [0.5, 0.6) is 11.5 Å². The van der Waals surface area contributed by atoms with Gasteiger partial charge in [-0.05, 0) is 19.9 Å². The molecule has 22 heavy (non-hydrogen) atoms. The van der Waals surface area contributed by atoms with Gasteiger partial charge in [-0.25, -0.2) is 0 Å². The van der Waals surface area contributed by atoms with E-state index in [4.69, 9.17) is 9.47 Å². The van der Waals surface area contributed by atoms with Gasteiger partial charge in [-0.3, -0.25) is 4.79 Å². The second-order valence-electron chi connectivity index (χ2n) is 6.91. The molecule has 120 valence electrons. The Morgan fingerprint density at radius 3 is 2.82 bits per heavy atom. The quantitative estimate of drug-likeness (QED) is 0.864. The molecule has 1 saturated heterocycles. The molecule has 0 aromatic heterocycles. The van der Waals surface area contributed by atoms with E-state index in [-0.39, 0.29) is 18.1 Å². The van der Waals surface area contributed by atoms with Gasteiger partial charge in [-0.15, -0.1) is 0 Å². The van der Waals surface area contributed by atoms with E-state index in [0.717, 1.165) is 43.9 Å². The fraction of sp³-hybridized carbons (Fsp3) is 0.588. The molecular weight excluding hydrogens is 280 g/mol. The van der Waals surface area contributed by atoms with Crippen LogP contribution in [0.25, 0.3) is 0 Å². The van der Waals surface area contributed by atoms with E-state index in [1.54, 1.807) is 0 Å². The Morgan fingerprint density at radius 1 is 1.36 bits per heavy atom. The molecule has 0 atom stereocenters. The molecule has 1 aromatic rings. The number of para-hydroxylation sites is 1. The van der Waals surface area contributed by atoms with Crippen molar-refractivity contribution in [2.45, 2.75) is 25.9 Å². The number of carbonyl (C=O) groups is 1. The van der Waals surface area contributed by atoms with Crippen LogP contribution < -0.4 is 14.4 Å². The highest BCUT2D eigenvalue weighted by Crippen LogP contribution is 2.41. The zero-order valence-corrected chi connectivity index (χ0v) is 13.6. The van der Waals surface area contributed by atoms with Gasteiger partial charge in [-0.1, -0.05) is 12.1 Å². The molecule has 0 radical (unpaired) electrons. The average Bonchev–Trinajstić information content (AvgIpc) is 2.80. The summed E-state index contributed by atoms with van der Waals surface area (Å²) in [4.78, 5) is 15.6. The van der Waals surface area contributed by atoms with Crippen molar-refractivity contribution in [3.8, 4) is 11.5 Å². The Balaban J connectivity index is 1.61. The minimum atomic E-state index is -0.202. The van der Waals surface area contributed by atoms with Crippen molar-refractivity contribution in [3.63, 3.8) is 0 Å². The summed E-state index contributed by atoms with van der Waals surface area (Å²) in [5, 5.41) is 0. The minimum absolute atomic E-state index is 0.0577. The number of amides is 1. The summed E-state index contributed by atoms with van der Waals surface area (Å²) in [6, 6.07) is 5.90. The molecule has 5 heteroatoms. The molecule has 2 heterocycles. The van der Waals surface area contributed by atoms with E-state index in [2.05, 4.69) is 27.0 Å². The third-order valence-electron chi connectivity index (χ3n) is 4.38. The summed E-state index contributed by atoms with van der Waals surface area (Å²) in [6.07, 6.45) is 0.870. The number of nitrogens with zero attached hydrogens (tertiary/aromatic N) is 1. The van der Waals surface area contributed by atoms with Gasteiger partial charge >= 0.3 is 0 Å². The van der Waals surface area contributed by atoms with Gasteiger partial charge in [0, 0.05) is 12.0 Å². The van der Waals surface area contributed by atoms with Crippen molar-refractivity contribution in [3.05, 3.63) is 23.8 Å². The molecule has 0 unspecified atom stereocenters. The van der Waals surface area contributed by atoms with Crippen molar-refractivity contribution >= 4 is 5.91 Å². The number of nitrogens with one attached hydrogen (secondary N) is 1. The number of rotatable bonds is 3. The lowest BCUT2D eigenvalue weighted by atomic mass is 10.0. The highest BCUT2D eigenvalue weighted by molar-refractivity contribution is 5.78. The largest absolute Gasteiger partial charge is 0.483 e. The molecule has 1 aromatic carbocycles. The fourth-order valence-electron chi connectivity index (χ4n) is 3.07. The van der Waals surface area contributed by atoms with Crippen molar-refractivity contribution in [2.75, 3.05) is 39.8 Å². The predicted octanol–water partition coefficient (Wildman–Crippen LogP) is 0.136. The lowest BCUT2D eigenvalue weighted by Gasteiger charge is -2.30. The van der Waals surface area contributed by atoms with Crippen LogP contribution in [0.2, 0.25) is 0 Å². The van der Waals surface area contributed by atoms with Gasteiger partial charge in [0.15, 0.2) is 18.1 Å². The topological polar surface area (TPSA) is 43.2 Å². The van der Waals surface area contributed by atoms with Gasteiger partial charge in [-0.2, -0.15) is 0 Å². The first-order valence-electron chi connectivity index (χ1n) is 7.97. The van der Waals surface area contributed by atoms with Crippen LogP contribution in [0.4, 0.5) is 0 Å². The Morgan fingerprint density at radius 2 is 2.09 bits per heavy atom. The third-order valence-corrected chi connectivity index (χ3v) is 4.38. The zero-order valence-electron chi connectivity index (χ0n) is 13.6. The molecule has 1 fully saturated rings. The Kier molecular flexibility index (Phi) is 4.00. The number of hydrogen-bond acceptors (Lipinski definition) is 3. The standard InChI is InChI=1S/C17H24N2O3/c1-17(2)11-13-5-4-6-14(16(13)22-17)21-12-15(20)19-9-7-18(3)8-10-19/h4-6H,7-12H2,1-3H3/p+1. The smallest absolute Gasteiger partial charge is 0.260 e. The second-order valence-corrected chi connectivity index (χ2v) is 6.91. The van der Waals surface area contributed by atoms with Crippen LogP contribution in [0.3, 0.4) is 0 Å². The minimum Gasteiger partial charge on any atom is -0.483 e. The molecule has 0 bridgehead atoms. The van der Waals surface area contributed by atoms with Crippen molar-refractivity contribution in [1.82, 2.24) is 4.90 Å². The van der Waals surface area contributed by atoms with Crippen molar-refractivity contribution in [1.29, 1.82) is 0 Å². The third kappa shape index (κ3) is 3.19. The molecule has 1 amide bonds. The number of ether oxygens (including phenoxy) is 2. The first-order chi connectivity index (χ1) is 10.4. The highest BCUT2D eigenvalue weighted by Gasteiger charge is 2.32. The molecular formula is C17H25N2O3+.